The molecule has 4 rings (SSSR count). The summed E-state index contributed by atoms with van der Waals surface area (Å²) >= 11 is 5.76. The van der Waals surface area contributed by atoms with Crippen LogP contribution < -0.4 is 10.1 Å². The number of likely N-dealkylation sites (tertiary alicyclic amines) is 1. The fourth-order valence-electron chi connectivity index (χ4n) is 4.38. The number of rotatable bonds is 7. The number of Topliss-reactive ketones (excluding diaryl/α,β-unsaturated/α-hetero) is 1. The summed E-state index contributed by atoms with van der Waals surface area (Å²) in [4.78, 5) is 50.2. The number of halogens is 3. The zero-order valence-electron chi connectivity index (χ0n) is 19.5. The van der Waals surface area contributed by atoms with Crippen molar-refractivity contribution in [2.24, 2.45) is 0 Å². The second-order valence-corrected chi connectivity index (χ2v) is 9.01. The van der Waals surface area contributed by atoms with Crippen molar-refractivity contribution in [3.05, 3.63) is 64.6 Å². The Hall–Kier alpha value is -3.99. The maximum Gasteiger partial charge on any atom is 0.511 e. The lowest BCUT2D eigenvalue weighted by molar-refractivity contribution is -0.139. The van der Waals surface area contributed by atoms with Gasteiger partial charge in [-0.05, 0) is 25.1 Å². The third-order valence-electron chi connectivity index (χ3n) is 6.10. The second-order valence-electron chi connectivity index (χ2n) is 8.60. The predicted octanol–water partition coefficient (Wildman–Crippen LogP) is 3.95. The number of carboxylic acid groups (broad SMARTS) is 1. The zero-order valence-corrected chi connectivity index (χ0v) is 20.3. The Bertz CT molecular complexity index is 1410. The smallest absolute Gasteiger partial charge is 0.449 e. The SMILES string of the molecule is CC(=O)c1cn(CC(=O)N2C[C@H](F)C[C@H]2C(=O)NCc2cccc(Cl)c2F)c2cc(OC(=O)O)ccc12. The number of carbonyl (C=O) groups excluding carboxylic acids is 3. The van der Waals surface area contributed by atoms with Gasteiger partial charge in [-0.15, -0.1) is 0 Å². The Balaban J connectivity index is 1.55. The Kier molecular flexibility index (Phi) is 7.44. The molecule has 0 bridgehead atoms. The van der Waals surface area contributed by atoms with Gasteiger partial charge in [0, 0.05) is 41.7 Å². The molecule has 2 N–H and O–H groups in total. The van der Waals surface area contributed by atoms with Gasteiger partial charge in [0.15, 0.2) is 5.78 Å². The zero-order chi connectivity index (χ0) is 26.9. The van der Waals surface area contributed by atoms with E-state index in [1.807, 2.05) is 0 Å². The van der Waals surface area contributed by atoms with Gasteiger partial charge >= 0.3 is 6.16 Å². The summed E-state index contributed by atoms with van der Waals surface area (Å²) < 4.78 is 34.6. The molecule has 1 saturated heterocycles. The number of carbonyl (C=O) groups is 4. The summed E-state index contributed by atoms with van der Waals surface area (Å²) in [5.41, 5.74) is 0.793. The Labute approximate surface area is 214 Å². The molecule has 1 fully saturated rings. The van der Waals surface area contributed by atoms with Crippen molar-refractivity contribution in [3.63, 3.8) is 0 Å². The molecule has 9 nitrogen and oxygen atoms in total. The molecule has 3 aromatic rings. The summed E-state index contributed by atoms with van der Waals surface area (Å²) in [5.74, 6) is -2.22. The quantitative estimate of drug-likeness (QED) is 0.270. The van der Waals surface area contributed by atoms with Gasteiger partial charge < -0.3 is 24.6 Å². The molecular formula is C25H22ClF2N3O6. The molecule has 37 heavy (non-hydrogen) atoms. The summed E-state index contributed by atoms with van der Waals surface area (Å²) in [6.45, 7) is 0.492. The van der Waals surface area contributed by atoms with Gasteiger partial charge in [-0.25, -0.2) is 13.6 Å². The lowest BCUT2D eigenvalue weighted by atomic mass is 10.1. The van der Waals surface area contributed by atoms with Gasteiger partial charge in [0.05, 0.1) is 17.1 Å². The lowest BCUT2D eigenvalue weighted by Gasteiger charge is -2.24. The average Bonchev–Trinajstić information content (AvgIpc) is 3.40. The molecule has 0 aliphatic carbocycles. The van der Waals surface area contributed by atoms with Crippen molar-refractivity contribution in [1.82, 2.24) is 14.8 Å². The molecule has 12 heteroatoms. The molecule has 2 aromatic carbocycles. The summed E-state index contributed by atoms with van der Waals surface area (Å²) in [7, 11) is 0. The van der Waals surface area contributed by atoms with Crippen LogP contribution in [0.4, 0.5) is 13.6 Å². The normalized spacial score (nSPS) is 17.1. The van der Waals surface area contributed by atoms with Crippen LogP contribution in [0, 0.1) is 5.82 Å². The van der Waals surface area contributed by atoms with Gasteiger partial charge in [0.25, 0.3) is 0 Å². The van der Waals surface area contributed by atoms with Gasteiger partial charge in [-0.3, -0.25) is 14.4 Å². The van der Waals surface area contributed by atoms with Crippen molar-refractivity contribution in [3.8, 4) is 5.75 Å². The molecule has 2 atom stereocenters. The topological polar surface area (TPSA) is 118 Å². The number of hydrogen-bond donors (Lipinski definition) is 2. The van der Waals surface area contributed by atoms with Crippen LogP contribution in [-0.4, -0.2) is 57.1 Å². The first-order valence-corrected chi connectivity index (χ1v) is 11.6. The van der Waals surface area contributed by atoms with E-state index < -0.39 is 36.0 Å². The van der Waals surface area contributed by atoms with E-state index in [4.69, 9.17) is 16.7 Å². The van der Waals surface area contributed by atoms with Crippen molar-refractivity contribution in [2.75, 3.05) is 6.54 Å². The summed E-state index contributed by atoms with van der Waals surface area (Å²) in [6, 6.07) is 7.48. The molecule has 0 saturated carbocycles. The Morgan fingerprint density at radius 3 is 2.68 bits per heavy atom. The predicted molar refractivity (Wildman–Crippen MR) is 129 cm³/mol. The van der Waals surface area contributed by atoms with Gasteiger partial charge in [-0.2, -0.15) is 0 Å². The first-order valence-electron chi connectivity index (χ1n) is 11.2. The summed E-state index contributed by atoms with van der Waals surface area (Å²) in [6.07, 6.45) is -1.75. The highest BCUT2D eigenvalue weighted by atomic mass is 35.5. The van der Waals surface area contributed by atoms with Crippen LogP contribution in [0.3, 0.4) is 0 Å². The minimum absolute atomic E-state index is 0.0163. The standard InChI is InChI=1S/C25H22ClF2N3O6/c1-13(32)18-11-30(20-8-16(37-25(35)36)5-6-17(18)20)12-22(33)31-10-15(27)7-21(31)24(34)29-9-14-3-2-4-19(26)23(14)28/h2-6,8,11,15,21H,7,9-10,12H2,1H3,(H,29,34)(H,35,36)/t15-,21+/m1/s1. The van der Waals surface area contributed by atoms with Crippen LogP contribution >= 0.6 is 11.6 Å². The van der Waals surface area contributed by atoms with Gasteiger partial charge in [-0.1, -0.05) is 23.7 Å². The van der Waals surface area contributed by atoms with E-state index in [0.717, 1.165) is 4.90 Å². The third-order valence-corrected chi connectivity index (χ3v) is 6.39. The van der Waals surface area contributed by atoms with E-state index in [1.54, 1.807) is 0 Å². The van der Waals surface area contributed by atoms with Crippen LogP contribution in [0.2, 0.25) is 5.02 Å². The molecule has 2 amide bonds. The monoisotopic (exact) mass is 533 g/mol. The maximum absolute atomic E-state index is 14.3. The number of fused-ring (bicyclic) bond motifs is 1. The first-order chi connectivity index (χ1) is 17.5. The molecule has 0 spiro atoms. The number of ketones is 1. The highest BCUT2D eigenvalue weighted by Gasteiger charge is 2.39. The molecule has 2 heterocycles. The van der Waals surface area contributed by atoms with Crippen molar-refractivity contribution >= 4 is 46.3 Å². The lowest BCUT2D eigenvalue weighted by Crippen LogP contribution is -2.46. The minimum atomic E-state index is -1.53. The van der Waals surface area contributed by atoms with E-state index in [1.165, 1.54) is 54.1 Å². The molecule has 194 valence electrons. The van der Waals surface area contributed by atoms with E-state index in [9.17, 15) is 28.0 Å². The van der Waals surface area contributed by atoms with Crippen molar-refractivity contribution in [1.29, 1.82) is 0 Å². The number of nitrogens with zero attached hydrogens (tertiary/aromatic N) is 2. The van der Waals surface area contributed by atoms with E-state index in [-0.39, 0.29) is 48.2 Å². The van der Waals surface area contributed by atoms with Crippen molar-refractivity contribution in [2.45, 2.75) is 38.6 Å². The molecule has 1 aliphatic heterocycles. The minimum Gasteiger partial charge on any atom is -0.449 e. The first kappa shape index (κ1) is 26.1. The number of alkyl halides is 1. The number of aromatic nitrogens is 1. The largest absolute Gasteiger partial charge is 0.511 e. The second kappa shape index (κ2) is 10.6. The summed E-state index contributed by atoms with van der Waals surface area (Å²) in [5, 5.41) is 11.8. The molecule has 0 radical (unpaired) electrons. The number of benzene rings is 2. The molecule has 1 aliphatic rings. The third kappa shape index (κ3) is 5.56. The Morgan fingerprint density at radius 1 is 1.22 bits per heavy atom. The highest BCUT2D eigenvalue weighted by Crippen LogP contribution is 2.28. The van der Waals surface area contributed by atoms with Crippen LogP contribution in [0.15, 0.2) is 42.6 Å². The van der Waals surface area contributed by atoms with E-state index >= 15 is 0 Å². The van der Waals surface area contributed by atoms with Crippen LogP contribution in [0.25, 0.3) is 10.9 Å². The molecular weight excluding hydrogens is 512 g/mol. The fraction of sp³-hybridized carbons (Fsp3) is 0.280. The van der Waals surface area contributed by atoms with Crippen LogP contribution in [0.1, 0.15) is 29.3 Å². The van der Waals surface area contributed by atoms with E-state index in [2.05, 4.69) is 10.1 Å². The maximum atomic E-state index is 14.3. The average molecular weight is 534 g/mol. The highest BCUT2D eigenvalue weighted by molar-refractivity contribution is 6.30. The fourth-order valence-corrected chi connectivity index (χ4v) is 4.57. The van der Waals surface area contributed by atoms with Crippen LogP contribution in [-0.2, 0) is 22.7 Å². The Morgan fingerprint density at radius 2 is 1.97 bits per heavy atom. The van der Waals surface area contributed by atoms with E-state index in [0.29, 0.717) is 16.5 Å². The number of hydrogen-bond acceptors (Lipinski definition) is 5. The van der Waals surface area contributed by atoms with Gasteiger partial charge in [0.2, 0.25) is 11.8 Å². The number of nitrogens with one attached hydrogen (secondary N) is 1. The van der Waals surface area contributed by atoms with Gasteiger partial charge in [0.1, 0.15) is 30.3 Å². The molecule has 1 aromatic heterocycles. The van der Waals surface area contributed by atoms with Crippen molar-refractivity contribution < 1.29 is 37.8 Å². The molecule has 0 unspecified atom stereocenters. The number of amides is 2. The number of ether oxygens (including phenoxy) is 1. The van der Waals surface area contributed by atoms with Crippen LogP contribution in [0.5, 0.6) is 5.75 Å².